The highest BCUT2D eigenvalue weighted by atomic mass is 16.3. The molecule has 0 spiro atoms. The number of aliphatic hydroxyl groups is 1. The maximum atomic E-state index is 12.2. The van der Waals surface area contributed by atoms with Crippen LogP contribution in [0.5, 0.6) is 0 Å². The quantitative estimate of drug-likeness (QED) is 0.876. The molecule has 5 heteroatoms. The van der Waals surface area contributed by atoms with E-state index in [9.17, 15) is 4.79 Å². The van der Waals surface area contributed by atoms with Gasteiger partial charge in [-0.3, -0.25) is 4.98 Å². The number of pyridine rings is 1. The number of urea groups is 1. The molecule has 0 aliphatic heterocycles. The van der Waals surface area contributed by atoms with Crippen molar-refractivity contribution in [2.45, 2.75) is 45.1 Å². The summed E-state index contributed by atoms with van der Waals surface area (Å²) < 4.78 is 0. The fourth-order valence-corrected chi connectivity index (χ4v) is 2.97. The van der Waals surface area contributed by atoms with Gasteiger partial charge in [-0.1, -0.05) is 6.07 Å². The minimum absolute atomic E-state index is 0.00693. The Balaban J connectivity index is 1.71. The van der Waals surface area contributed by atoms with Crippen molar-refractivity contribution < 1.29 is 9.90 Å². The Hall–Kier alpha value is -1.62. The predicted molar refractivity (Wildman–Crippen MR) is 86.7 cm³/mol. The van der Waals surface area contributed by atoms with E-state index in [1.807, 2.05) is 37.2 Å². The molecule has 0 aromatic carbocycles. The van der Waals surface area contributed by atoms with Crippen LogP contribution in [0.25, 0.3) is 0 Å². The number of nitrogens with one attached hydrogen (secondary N) is 1. The second kappa shape index (κ2) is 8.13. The normalized spacial score (nSPS) is 21.4. The summed E-state index contributed by atoms with van der Waals surface area (Å²) in [5.41, 5.74) is 2.14. The number of carbonyl (C=O) groups is 1. The molecule has 2 rings (SSSR count). The van der Waals surface area contributed by atoms with Gasteiger partial charge in [0.05, 0.1) is 0 Å². The lowest BCUT2D eigenvalue weighted by molar-refractivity contribution is 0.134. The van der Waals surface area contributed by atoms with E-state index in [0.717, 1.165) is 43.4 Å². The zero-order valence-corrected chi connectivity index (χ0v) is 13.6. The molecule has 1 aromatic rings. The van der Waals surface area contributed by atoms with E-state index in [1.165, 1.54) is 0 Å². The molecule has 22 heavy (non-hydrogen) atoms. The fraction of sp³-hybridized carbons (Fsp3) is 0.647. The van der Waals surface area contributed by atoms with Crippen molar-refractivity contribution in [1.82, 2.24) is 15.2 Å². The summed E-state index contributed by atoms with van der Waals surface area (Å²) in [4.78, 5) is 18.3. The van der Waals surface area contributed by atoms with Crippen LogP contribution in [-0.4, -0.2) is 47.3 Å². The molecule has 0 bridgehead atoms. The third kappa shape index (κ3) is 4.70. The molecular formula is C17H27N3O2. The number of aryl methyl sites for hydroxylation is 1. The summed E-state index contributed by atoms with van der Waals surface area (Å²) in [5, 5.41) is 12.1. The van der Waals surface area contributed by atoms with Crippen molar-refractivity contribution in [2.24, 2.45) is 5.92 Å². The van der Waals surface area contributed by atoms with Gasteiger partial charge in [-0.15, -0.1) is 0 Å². The highest BCUT2D eigenvalue weighted by molar-refractivity contribution is 5.74. The first-order valence-corrected chi connectivity index (χ1v) is 8.13. The Morgan fingerprint density at radius 1 is 1.36 bits per heavy atom. The van der Waals surface area contributed by atoms with Gasteiger partial charge >= 0.3 is 6.03 Å². The minimum Gasteiger partial charge on any atom is -0.396 e. The topological polar surface area (TPSA) is 65.5 Å². The Bertz CT molecular complexity index is 467. The highest BCUT2D eigenvalue weighted by Crippen LogP contribution is 2.26. The van der Waals surface area contributed by atoms with Crippen molar-refractivity contribution >= 4 is 6.03 Å². The number of hydrogen-bond acceptors (Lipinski definition) is 3. The molecule has 1 heterocycles. The number of carbonyl (C=O) groups excluding carboxylic acids is 1. The molecule has 2 N–H and O–H groups in total. The SMILES string of the molecule is Cc1ccc(CCNC(=O)N(C)C2CCC(CO)CC2)cn1. The molecule has 122 valence electrons. The van der Waals surface area contributed by atoms with Gasteiger partial charge in [0.25, 0.3) is 0 Å². The zero-order valence-electron chi connectivity index (χ0n) is 13.6. The van der Waals surface area contributed by atoms with Gasteiger partial charge in [0.15, 0.2) is 0 Å². The number of hydrogen-bond donors (Lipinski definition) is 2. The molecule has 1 aliphatic carbocycles. The van der Waals surface area contributed by atoms with Crippen molar-refractivity contribution in [1.29, 1.82) is 0 Å². The summed E-state index contributed by atoms with van der Waals surface area (Å²) in [5.74, 6) is 0.418. The summed E-state index contributed by atoms with van der Waals surface area (Å²) in [6, 6.07) is 4.33. The van der Waals surface area contributed by atoms with Crippen LogP contribution >= 0.6 is 0 Å². The van der Waals surface area contributed by atoms with E-state index in [4.69, 9.17) is 5.11 Å². The number of nitrogens with zero attached hydrogens (tertiary/aromatic N) is 2. The maximum Gasteiger partial charge on any atom is 0.317 e. The van der Waals surface area contributed by atoms with Gasteiger partial charge in [-0.05, 0) is 56.6 Å². The average Bonchev–Trinajstić information content (AvgIpc) is 2.56. The number of aliphatic hydroxyl groups excluding tert-OH is 1. The second-order valence-corrected chi connectivity index (χ2v) is 6.26. The Morgan fingerprint density at radius 3 is 2.68 bits per heavy atom. The standard InChI is InChI=1S/C17H27N3O2/c1-13-3-4-14(11-19-13)9-10-18-17(22)20(2)16-7-5-15(12-21)6-8-16/h3-4,11,15-16,21H,5-10,12H2,1-2H3,(H,18,22). The maximum absolute atomic E-state index is 12.2. The molecule has 1 saturated carbocycles. The first-order valence-electron chi connectivity index (χ1n) is 8.13. The smallest absolute Gasteiger partial charge is 0.317 e. The highest BCUT2D eigenvalue weighted by Gasteiger charge is 2.25. The van der Waals surface area contributed by atoms with Gasteiger partial charge in [0, 0.05) is 38.1 Å². The second-order valence-electron chi connectivity index (χ2n) is 6.26. The van der Waals surface area contributed by atoms with E-state index >= 15 is 0 Å². The summed E-state index contributed by atoms with van der Waals surface area (Å²) >= 11 is 0. The predicted octanol–water partition coefficient (Wildman–Crippen LogP) is 2.13. The van der Waals surface area contributed by atoms with E-state index in [-0.39, 0.29) is 12.6 Å². The molecule has 0 saturated heterocycles. The van der Waals surface area contributed by atoms with Crippen molar-refractivity contribution in [3.05, 3.63) is 29.6 Å². The summed E-state index contributed by atoms with van der Waals surface area (Å²) in [6.45, 7) is 2.86. The van der Waals surface area contributed by atoms with Crippen LogP contribution in [0.3, 0.4) is 0 Å². The van der Waals surface area contributed by atoms with Crippen LogP contribution in [-0.2, 0) is 6.42 Å². The van der Waals surface area contributed by atoms with E-state index in [1.54, 1.807) is 0 Å². The van der Waals surface area contributed by atoms with E-state index < -0.39 is 0 Å². The lowest BCUT2D eigenvalue weighted by atomic mass is 9.86. The van der Waals surface area contributed by atoms with Crippen molar-refractivity contribution in [2.75, 3.05) is 20.2 Å². The first-order chi connectivity index (χ1) is 10.6. The van der Waals surface area contributed by atoms with Crippen molar-refractivity contribution in [3.8, 4) is 0 Å². The van der Waals surface area contributed by atoms with Gasteiger partial charge in [0.1, 0.15) is 0 Å². The molecule has 0 unspecified atom stereocenters. The van der Waals surface area contributed by atoms with Crippen LogP contribution in [0.1, 0.15) is 36.9 Å². The Morgan fingerprint density at radius 2 is 2.09 bits per heavy atom. The lowest BCUT2D eigenvalue weighted by Gasteiger charge is -2.34. The van der Waals surface area contributed by atoms with E-state index in [0.29, 0.717) is 18.5 Å². The third-order valence-electron chi connectivity index (χ3n) is 4.61. The fourth-order valence-electron chi connectivity index (χ4n) is 2.97. The Kier molecular flexibility index (Phi) is 6.19. The summed E-state index contributed by atoms with van der Waals surface area (Å²) in [7, 11) is 1.87. The van der Waals surface area contributed by atoms with Crippen LogP contribution in [0.2, 0.25) is 0 Å². The first kappa shape index (κ1) is 16.7. The van der Waals surface area contributed by atoms with Gasteiger partial charge in [-0.25, -0.2) is 4.79 Å². The number of rotatable bonds is 5. The van der Waals surface area contributed by atoms with Gasteiger partial charge < -0.3 is 15.3 Å². The van der Waals surface area contributed by atoms with Crippen LogP contribution in [0.15, 0.2) is 18.3 Å². The molecule has 0 atom stereocenters. The Labute approximate surface area is 132 Å². The van der Waals surface area contributed by atoms with Gasteiger partial charge in [-0.2, -0.15) is 0 Å². The molecule has 1 fully saturated rings. The molecule has 5 nitrogen and oxygen atoms in total. The molecule has 1 aromatic heterocycles. The molecule has 2 amide bonds. The third-order valence-corrected chi connectivity index (χ3v) is 4.61. The van der Waals surface area contributed by atoms with Crippen LogP contribution in [0, 0.1) is 12.8 Å². The minimum atomic E-state index is -0.00693. The largest absolute Gasteiger partial charge is 0.396 e. The van der Waals surface area contributed by atoms with Gasteiger partial charge in [0.2, 0.25) is 0 Å². The molecule has 0 radical (unpaired) electrons. The molecular weight excluding hydrogens is 278 g/mol. The zero-order chi connectivity index (χ0) is 15.9. The van der Waals surface area contributed by atoms with Crippen LogP contribution in [0.4, 0.5) is 4.79 Å². The monoisotopic (exact) mass is 305 g/mol. The lowest BCUT2D eigenvalue weighted by Crippen LogP contribution is -2.45. The molecule has 1 aliphatic rings. The summed E-state index contributed by atoms with van der Waals surface area (Å²) in [6.07, 6.45) is 6.64. The average molecular weight is 305 g/mol. The number of amides is 2. The van der Waals surface area contributed by atoms with Crippen molar-refractivity contribution in [3.63, 3.8) is 0 Å². The van der Waals surface area contributed by atoms with E-state index in [2.05, 4.69) is 10.3 Å². The van der Waals surface area contributed by atoms with Crippen LogP contribution < -0.4 is 5.32 Å². The number of aromatic nitrogens is 1.